The SMILES string of the molecule is O=C1NC(=O)C(c2cn(CCCO)c3ncccc23)=C1c1csc2ccc(Cl)cc12. The second-order valence-corrected chi connectivity index (χ2v) is 8.36. The zero-order chi connectivity index (χ0) is 20.8. The van der Waals surface area contributed by atoms with Crippen molar-refractivity contribution in [2.75, 3.05) is 6.61 Å². The van der Waals surface area contributed by atoms with Crippen molar-refractivity contribution in [3.63, 3.8) is 0 Å². The summed E-state index contributed by atoms with van der Waals surface area (Å²) in [6, 6.07) is 9.22. The molecule has 8 heteroatoms. The molecule has 0 atom stereocenters. The number of rotatable bonds is 5. The zero-order valence-corrected chi connectivity index (χ0v) is 17.3. The van der Waals surface area contributed by atoms with Crippen LogP contribution in [0.15, 0.2) is 48.1 Å². The quantitative estimate of drug-likeness (QED) is 0.464. The molecule has 4 aromatic rings. The van der Waals surface area contributed by atoms with Gasteiger partial charge in [-0.3, -0.25) is 14.9 Å². The molecule has 2 amide bonds. The van der Waals surface area contributed by atoms with Gasteiger partial charge in [-0.05, 0) is 36.8 Å². The molecular weight excluding hydrogens is 422 g/mol. The largest absolute Gasteiger partial charge is 0.396 e. The topological polar surface area (TPSA) is 84.2 Å². The lowest BCUT2D eigenvalue weighted by Gasteiger charge is -2.03. The van der Waals surface area contributed by atoms with E-state index >= 15 is 0 Å². The smallest absolute Gasteiger partial charge is 0.259 e. The molecule has 0 saturated heterocycles. The molecular formula is C22H16ClN3O3S. The molecule has 2 N–H and O–H groups in total. The van der Waals surface area contributed by atoms with Crippen molar-refractivity contribution in [2.24, 2.45) is 0 Å². The van der Waals surface area contributed by atoms with Gasteiger partial charge in [0.15, 0.2) is 0 Å². The fourth-order valence-corrected chi connectivity index (χ4v) is 5.00. The van der Waals surface area contributed by atoms with Crippen LogP contribution in [-0.2, 0) is 16.1 Å². The number of carbonyl (C=O) groups excluding carboxylic acids is 2. The minimum Gasteiger partial charge on any atom is -0.396 e. The molecule has 30 heavy (non-hydrogen) atoms. The van der Waals surface area contributed by atoms with Gasteiger partial charge in [0.1, 0.15) is 5.65 Å². The van der Waals surface area contributed by atoms with Crippen molar-refractivity contribution in [2.45, 2.75) is 13.0 Å². The average Bonchev–Trinajstić information content (AvgIpc) is 3.39. The van der Waals surface area contributed by atoms with Crippen LogP contribution in [0.4, 0.5) is 0 Å². The number of aryl methyl sites for hydroxylation is 1. The Bertz CT molecular complexity index is 1370. The maximum atomic E-state index is 12.9. The van der Waals surface area contributed by atoms with E-state index in [1.807, 2.05) is 34.3 Å². The summed E-state index contributed by atoms with van der Waals surface area (Å²) in [5.41, 5.74) is 2.73. The predicted molar refractivity (Wildman–Crippen MR) is 118 cm³/mol. The lowest BCUT2D eigenvalue weighted by atomic mass is 9.96. The van der Waals surface area contributed by atoms with Crippen LogP contribution in [0.5, 0.6) is 0 Å². The zero-order valence-electron chi connectivity index (χ0n) is 15.7. The van der Waals surface area contributed by atoms with Crippen LogP contribution in [0.2, 0.25) is 5.02 Å². The summed E-state index contributed by atoms with van der Waals surface area (Å²) in [6.07, 6.45) is 4.08. The van der Waals surface area contributed by atoms with E-state index in [9.17, 15) is 14.7 Å². The molecule has 1 aromatic carbocycles. The molecule has 1 aliphatic heterocycles. The van der Waals surface area contributed by atoms with Crippen LogP contribution >= 0.6 is 22.9 Å². The van der Waals surface area contributed by atoms with Gasteiger partial charge in [0.2, 0.25) is 0 Å². The monoisotopic (exact) mass is 437 g/mol. The second-order valence-electron chi connectivity index (χ2n) is 7.01. The lowest BCUT2D eigenvalue weighted by molar-refractivity contribution is -0.122. The first-order chi connectivity index (χ1) is 14.6. The second kappa shape index (κ2) is 7.36. The Hall–Kier alpha value is -3.00. The summed E-state index contributed by atoms with van der Waals surface area (Å²) in [5.74, 6) is -0.851. The molecule has 0 spiro atoms. The number of aliphatic hydroxyl groups excluding tert-OH is 1. The number of aromatic nitrogens is 2. The molecule has 0 radical (unpaired) electrons. The number of amides is 2. The van der Waals surface area contributed by atoms with E-state index in [-0.39, 0.29) is 6.61 Å². The Labute approximate surface area is 180 Å². The van der Waals surface area contributed by atoms with Crippen LogP contribution in [-0.4, -0.2) is 33.1 Å². The summed E-state index contributed by atoms with van der Waals surface area (Å²) in [6.45, 7) is 0.607. The van der Waals surface area contributed by atoms with Gasteiger partial charge in [-0.15, -0.1) is 11.3 Å². The number of pyridine rings is 1. The van der Waals surface area contributed by atoms with Gasteiger partial charge in [0, 0.05) is 62.5 Å². The van der Waals surface area contributed by atoms with Gasteiger partial charge in [-0.25, -0.2) is 4.98 Å². The van der Waals surface area contributed by atoms with E-state index in [2.05, 4.69) is 10.3 Å². The average molecular weight is 438 g/mol. The fraction of sp³-hybridized carbons (Fsp3) is 0.136. The van der Waals surface area contributed by atoms with E-state index in [4.69, 9.17) is 11.6 Å². The normalized spacial score (nSPS) is 14.3. The van der Waals surface area contributed by atoms with Gasteiger partial charge in [0.05, 0.1) is 11.1 Å². The first-order valence-electron chi connectivity index (χ1n) is 9.40. The third-order valence-corrected chi connectivity index (χ3v) is 6.39. The minimum absolute atomic E-state index is 0.0520. The summed E-state index contributed by atoms with van der Waals surface area (Å²) < 4.78 is 2.89. The third kappa shape index (κ3) is 2.94. The molecule has 150 valence electrons. The summed E-state index contributed by atoms with van der Waals surface area (Å²) in [4.78, 5) is 30.2. The lowest BCUT2D eigenvalue weighted by Crippen LogP contribution is -2.22. The number of benzene rings is 1. The molecule has 0 aliphatic carbocycles. The highest BCUT2D eigenvalue weighted by Gasteiger charge is 2.35. The molecule has 4 heterocycles. The highest BCUT2D eigenvalue weighted by atomic mass is 35.5. The van der Waals surface area contributed by atoms with Crippen molar-refractivity contribution < 1.29 is 14.7 Å². The number of hydrogen-bond donors (Lipinski definition) is 2. The van der Waals surface area contributed by atoms with E-state index in [0.29, 0.717) is 45.9 Å². The molecule has 0 bridgehead atoms. The van der Waals surface area contributed by atoms with E-state index in [1.165, 1.54) is 11.3 Å². The third-order valence-electron chi connectivity index (χ3n) is 5.20. The number of nitrogens with zero attached hydrogens (tertiary/aromatic N) is 2. The molecule has 0 saturated carbocycles. The minimum atomic E-state index is -0.429. The number of hydrogen-bond acceptors (Lipinski definition) is 5. The number of aliphatic hydroxyl groups is 1. The fourth-order valence-electron chi connectivity index (χ4n) is 3.90. The number of halogens is 1. The van der Waals surface area contributed by atoms with Gasteiger partial charge < -0.3 is 9.67 Å². The maximum absolute atomic E-state index is 12.9. The van der Waals surface area contributed by atoms with Crippen LogP contribution in [0.25, 0.3) is 32.3 Å². The summed E-state index contributed by atoms with van der Waals surface area (Å²) >= 11 is 7.69. The van der Waals surface area contributed by atoms with Crippen LogP contribution in [0.1, 0.15) is 17.5 Å². The number of imide groups is 1. The number of fused-ring (bicyclic) bond motifs is 2. The van der Waals surface area contributed by atoms with Crippen molar-refractivity contribution in [3.8, 4) is 0 Å². The Kier molecular flexibility index (Phi) is 4.66. The van der Waals surface area contributed by atoms with Crippen molar-refractivity contribution in [1.29, 1.82) is 0 Å². The molecule has 1 aliphatic rings. The first-order valence-corrected chi connectivity index (χ1v) is 10.7. The van der Waals surface area contributed by atoms with Gasteiger partial charge in [-0.2, -0.15) is 0 Å². The van der Waals surface area contributed by atoms with Crippen molar-refractivity contribution >= 4 is 67.0 Å². The highest BCUT2D eigenvalue weighted by Crippen LogP contribution is 2.40. The van der Waals surface area contributed by atoms with Crippen molar-refractivity contribution in [3.05, 3.63) is 64.3 Å². The standard InChI is InChI=1S/C22H16ClN3O3S/c23-12-4-5-17-14(9-12)16(11-30-17)19-18(21(28)25-22(19)29)15-10-26(7-2-8-27)20-13(15)3-1-6-24-20/h1,3-6,9-11,27H,2,7-8H2,(H,25,28,29). The summed E-state index contributed by atoms with van der Waals surface area (Å²) in [5, 5.41) is 15.8. The first kappa shape index (κ1) is 19.0. The number of nitrogens with one attached hydrogen (secondary N) is 1. The molecule has 0 fully saturated rings. The van der Waals surface area contributed by atoms with E-state index < -0.39 is 11.8 Å². The Morgan fingerprint density at radius 3 is 2.70 bits per heavy atom. The molecule has 6 nitrogen and oxygen atoms in total. The van der Waals surface area contributed by atoms with Crippen LogP contribution in [0, 0.1) is 0 Å². The Morgan fingerprint density at radius 2 is 1.90 bits per heavy atom. The van der Waals surface area contributed by atoms with Crippen LogP contribution < -0.4 is 5.32 Å². The van der Waals surface area contributed by atoms with Gasteiger partial charge >= 0.3 is 0 Å². The van der Waals surface area contributed by atoms with Crippen molar-refractivity contribution in [1.82, 2.24) is 14.9 Å². The molecule has 0 unspecified atom stereocenters. The van der Waals surface area contributed by atoms with Crippen LogP contribution in [0.3, 0.4) is 0 Å². The number of thiophene rings is 1. The Balaban J connectivity index is 1.79. The molecule has 5 rings (SSSR count). The van der Waals surface area contributed by atoms with Gasteiger partial charge in [-0.1, -0.05) is 11.6 Å². The maximum Gasteiger partial charge on any atom is 0.259 e. The van der Waals surface area contributed by atoms with E-state index in [0.717, 1.165) is 15.5 Å². The summed E-state index contributed by atoms with van der Waals surface area (Å²) in [7, 11) is 0. The molecule has 3 aromatic heterocycles. The predicted octanol–water partition coefficient (Wildman–Crippen LogP) is 3.85. The van der Waals surface area contributed by atoms with E-state index in [1.54, 1.807) is 18.3 Å². The Morgan fingerprint density at radius 1 is 1.10 bits per heavy atom. The number of carbonyl (C=O) groups is 2. The van der Waals surface area contributed by atoms with Gasteiger partial charge in [0.25, 0.3) is 11.8 Å². The highest BCUT2D eigenvalue weighted by molar-refractivity contribution is 7.17.